The largest absolute Gasteiger partial charge is 0.314 e. The van der Waals surface area contributed by atoms with Gasteiger partial charge in [-0.2, -0.15) is 0 Å². The van der Waals surface area contributed by atoms with Crippen molar-refractivity contribution in [3.63, 3.8) is 0 Å². The van der Waals surface area contributed by atoms with Crippen molar-refractivity contribution in [2.24, 2.45) is 0 Å². The minimum Gasteiger partial charge on any atom is -0.314 e. The third-order valence-electron chi connectivity index (χ3n) is 1.39. The number of hydrogen-bond donors (Lipinski definition) is 2. The summed E-state index contributed by atoms with van der Waals surface area (Å²) in [6.07, 6.45) is 0. The van der Waals surface area contributed by atoms with Crippen LogP contribution in [0.3, 0.4) is 0 Å². The summed E-state index contributed by atoms with van der Waals surface area (Å²) in [4.78, 5) is 0. The molecule has 1 aliphatic rings. The Bertz CT molecular complexity index is 125. The maximum Gasteiger partial charge on any atom is 0.115 e. The lowest BCUT2D eigenvalue weighted by molar-refractivity contribution is 0.535. The Hall–Kier alpha value is -0.410. The summed E-state index contributed by atoms with van der Waals surface area (Å²) in [6, 6.07) is 0. The van der Waals surface area contributed by atoms with Crippen molar-refractivity contribution in [2.75, 3.05) is 26.7 Å². The second kappa shape index (κ2) is 2.94. The van der Waals surface area contributed by atoms with Gasteiger partial charge in [-0.15, -0.1) is 0 Å². The van der Waals surface area contributed by atoms with Crippen molar-refractivity contribution in [1.29, 1.82) is 0 Å². The van der Waals surface area contributed by atoms with Crippen LogP contribution >= 0.6 is 0 Å². The minimum atomic E-state index is -0.00347. The van der Waals surface area contributed by atoms with Gasteiger partial charge in [-0.25, -0.2) is 4.39 Å². The van der Waals surface area contributed by atoms with Crippen LogP contribution in [0.1, 0.15) is 0 Å². The molecular formula is C6H11FN2. The van der Waals surface area contributed by atoms with Crippen LogP contribution in [0.2, 0.25) is 0 Å². The van der Waals surface area contributed by atoms with Gasteiger partial charge in [-0.3, -0.25) is 0 Å². The number of rotatable bonds is 2. The number of nitrogens with one attached hydrogen (secondary N) is 2. The van der Waals surface area contributed by atoms with Crippen LogP contribution in [-0.4, -0.2) is 26.7 Å². The van der Waals surface area contributed by atoms with Gasteiger partial charge in [0.2, 0.25) is 0 Å². The second-order valence-electron chi connectivity index (χ2n) is 2.14. The molecule has 3 heteroatoms. The van der Waals surface area contributed by atoms with Gasteiger partial charge in [0.15, 0.2) is 0 Å². The lowest BCUT2D eigenvalue weighted by Gasteiger charge is -2.19. The van der Waals surface area contributed by atoms with E-state index in [9.17, 15) is 4.39 Å². The van der Waals surface area contributed by atoms with Crippen molar-refractivity contribution in [2.45, 2.75) is 0 Å². The van der Waals surface area contributed by atoms with Crippen LogP contribution in [0.4, 0.5) is 4.39 Å². The SMILES string of the molecule is CNCC(F)=C1CNC1. The summed E-state index contributed by atoms with van der Waals surface area (Å²) in [5.74, 6) is -0.00347. The molecule has 1 saturated heterocycles. The molecule has 0 radical (unpaired) electrons. The van der Waals surface area contributed by atoms with Gasteiger partial charge < -0.3 is 10.6 Å². The van der Waals surface area contributed by atoms with Crippen LogP contribution in [0, 0.1) is 0 Å². The van der Waals surface area contributed by atoms with Crippen LogP contribution in [0.25, 0.3) is 0 Å². The zero-order chi connectivity index (χ0) is 6.69. The van der Waals surface area contributed by atoms with Crippen molar-refractivity contribution >= 4 is 0 Å². The summed E-state index contributed by atoms with van der Waals surface area (Å²) in [6.45, 7) is 1.83. The smallest absolute Gasteiger partial charge is 0.115 e. The van der Waals surface area contributed by atoms with E-state index in [0.717, 1.165) is 18.7 Å². The highest BCUT2D eigenvalue weighted by Crippen LogP contribution is 2.08. The summed E-state index contributed by atoms with van der Waals surface area (Å²) >= 11 is 0. The first-order valence-electron chi connectivity index (χ1n) is 3.06. The molecule has 0 atom stereocenters. The number of hydrogen-bond acceptors (Lipinski definition) is 2. The molecule has 0 aromatic rings. The van der Waals surface area contributed by atoms with E-state index in [-0.39, 0.29) is 5.83 Å². The van der Waals surface area contributed by atoms with Crippen molar-refractivity contribution in [3.8, 4) is 0 Å². The van der Waals surface area contributed by atoms with E-state index in [4.69, 9.17) is 0 Å². The van der Waals surface area contributed by atoms with Gasteiger partial charge in [0.05, 0.1) is 0 Å². The van der Waals surface area contributed by atoms with Gasteiger partial charge >= 0.3 is 0 Å². The molecular weight excluding hydrogens is 119 g/mol. The molecule has 0 bridgehead atoms. The van der Waals surface area contributed by atoms with Crippen LogP contribution in [0.5, 0.6) is 0 Å². The van der Waals surface area contributed by atoms with Gasteiger partial charge in [-0.05, 0) is 12.6 Å². The molecule has 0 amide bonds. The lowest BCUT2D eigenvalue weighted by atomic mass is 10.1. The third-order valence-corrected chi connectivity index (χ3v) is 1.39. The summed E-state index contributed by atoms with van der Waals surface area (Å²) in [7, 11) is 1.74. The molecule has 2 N–H and O–H groups in total. The molecule has 1 aliphatic heterocycles. The number of likely N-dealkylation sites (N-methyl/N-ethyl adjacent to an activating group) is 1. The topological polar surface area (TPSA) is 24.1 Å². The molecule has 1 heterocycles. The Morgan fingerprint density at radius 3 is 2.78 bits per heavy atom. The maximum absolute atomic E-state index is 12.6. The normalized spacial score (nSPS) is 17.3. The molecule has 1 rings (SSSR count). The van der Waals surface area contributed by atoms with E-state index in [2.05, 4.69) is 10.6 Å². The highest BCUT2D eigenvalue weighted by molar-refractivity contribution is 5.19. The Morgan fingerprint density at radius 1 is 1.78 bits per heavy atom. The van der Waals surface area contributed by atoms with Crippen LogP contribution in [-0.2, 0) is 0 Å². The number of halogens is 1. The van der Waals surface area contributed by atoms with E-state index in [0.29, 0.717) is 6.54 Å². The molecule has 0 aromatic heterocycles. The second-order valence-corrected chi connectivity index (χ2v) is 2.14. The van der Waals surface area contributed by atoms with Crippen LogP contribution < -0.4 is 10.6 Å². The lowest BCUT2D eigenvalue weighted by Crippen LogP contribution is -2.35. The van der Waals surface area contributed by atoms with E-state index in [1.165, 1.54) is 0 Å². The summed E-state index contributed by atoms with van der Waals surface area (Å²) in [5, 5.41) is 5.73. The van der Waals surface area contributed by atoms with Gasteiger partial charge in [0, 0.05) is 19.6 Å². The quantitative estimate of drug-likeness (QED) is 0.551. The van der Waals surface area contributed by atoms with E-state index in [1.54, 1.807) is 7.05 Å². The van der Waals surface area contributed by atoms with Crippen molar-refractivity contribution in [1.82, 2.24) is 10.6 Å². The van der Waals surface area contributed by atoms with Gasteiger partial charge in [0.25, 0.3) is 0 Å². The predicted octanol–water partition coefficient (Wildman–Crippen LogP) is 0.0326. The fourth-order valence-corrected chi connectivity index (χ4v) is 0.722. The van der Waals surface area contributed by atoms with Crippen LogP contribution in [0.15, 0.2) is 11.4 Å². The average molecular weight is 130 g/mol. The molecule has 0 aromatic carbocycles. The zero-order valence-electron chi connectivity index (χ0n) is 5.50. The van der Waals surface area contributed by atoms with Crippen molar-refractivity contribution < 1.29 is 4.39 Å². The Balaban J connectivity index is 2.36. The first-order valence-corrected chi connectivity index (χ1v) is 3.06. The first-order chi connectivity index (χ1) is 4.34. The predicted molar refractivity (Wildman–Crippen MR) is 34.9 cm³/mol. The standard InChI is InChI=1S/C6H11FN2/c1-8-4-6(7)5-2-9-3-5/h8-9H,2-4H2,1H3. The molecule has 1 fully saturated rings. The molecule has 2 nitrogen and oxygen atoms in total. The zero-order valence-corrected chi connectivity index (χ0v) is 5.50. The van der Waals surface area contributed by atoms with E-state index >= 15 is 0 Å². The Kier molecular flexibility index (Phi) is 2.19. The van der Waals surface area contributed by atoms with Gasteiger partial charge in [0.1, 0.15) is 5.83 Å². The molecule has 0 unspecified atom stereocenters. The third kappa shape index (κ3) is 1.50. The Morgan fingerprint density at radius 2 is 2.44 bits per heavy atom. The molecule has 0 spiro atoms. The highest BCUT2D eigenvalue weighted by atomic mass is 19.1. The molecule has 0 saturated carbocycles. The van der Waals surface area contributed by atoms with E-state index in [1.807, 2.05) is 0 Å². The minimum absolute atomic E-state index is 0.00347. The fraction of sp³-hybridized carbons (Fsp3) is 0.667. The highest BCUT2D eigenvalue weighted by Gasteiger charge is 2.12. The summed E-state index contributed by atoms with van der Waals surface area (Å²) in [5.41, 5.74) is 0.907. The first kappa shape index (κ1) is 6.71. The fourth-order valence-electron chi connectivity index (χ4n) is 0.722. The van der Waals surface area contributed by atoms with Gasteiger partial charge in [-0.1, -0.05) is 0 Å². The molecule has 52 valence electrons. The monoisotopic (exact) mass is 130 g/mol. The Labute approximate surface area is 54.1 Å². The average Bonchev–Trinajstić information content (AvgIpc) is 1.60. The van der Waals surface area contributed by atoms with E-state index < -0.39 is 0 Å². The molecule has 0 aliphatic carbocycles. The molecule has 9 heavy (non-hydrogen) atoms. The maximum atomic E-state index is 12.6. The van der Waals surface area contributed by atoms with Crippen molar-refractivity contribution in [3.05, 3.63) is 11.4 Å². The summed E-state index contributed by atoms with van der Waals surface area (Å²) < 4.78 is 12.6.